The Morgan fingerprint density at radius 1 is 0.319 bits per heavy atom. The zero-order valence-electron chi connectivity index (χ0n) is 56.2. The van der Waals surface area contributed by atoms with Gasteiger partial charge < -0.3 is 34.2 Å². The van der Waals surface area contributed by atoms with E-state index >= 15 is 0 Å². The number of carbonyl (C=O) groups is 3. The lowest BCUT2D eigenvalue weighted by Gasteiger charge is -2.21. The van der Waals surface area contributed by atoms with Crippen molar-refractivity contribution < 1.29 is 75.8 Å². The topological polar surface area (TPSA) is 231 Å². The number of allylic oxidation sites excluding steroid dienone is 22. The number of aliphatic hydroxyl groups excluding tert-OH is 2. The molecule has 0 aromatic carbocycles. The molecular weight excluding hydrogens is 1190 g/mol. The van der Waals surface area contributed by atoms with E-state index in [0.717, 1.165) is 141 Å². The SMILES string of the molecule is CC/C=C\C/C=C\C/C=C\C/C=C\C/C=C\C/C=C\CCCCC(=O)OCC(O)COP(=O)(O)OCC(O)COP(=O)(O)OCC(COC(=O)CCCCCCC/C=C\C/C=C\C/C=C\C/C=C\CCCCC)OC(=O)CCCCCCC/C=C\CCCCCC. The first-order valence-corrected chi connectivity index (χ1v) is 37.5. The van der Waals surface area contributed by atoms with Crippen LogP contribution in [0.4, 0.5) is 0 Å². The van der Waals surface area contributed by atoms with Crippen LogP contribution in [0.3, 0.4) is 0 Å². The molecule has 5 unspecified atom stereocenters. The zero-order chi connectivity index (χ0) is 66.7. The van der Waals surface area contributed by atoms with E-state index in [1.807, 2.05) is 0 Å². The van der Waals surface area contributed by atoms with Crippen LogP contribution in [0.15, 0.2) is 134 Å². The molecule has 0 aliphatic heterocycles. The number of hydrogen-bond donors (Lipinski definition) is 4. The summed E-state index contributed by atoms with van der Waals surface area (Å²) < 4.78 is 60.8. The lowest BCUT2D eigenvalue weighted by atomic mass is 10.1. The Kier molecular flexibility index (Phi) is 62.6. The average Bonchev–Trinajstić information content (AvgIpc) is 3.75. The number of phosphoric acid groups is 2. The summed E-state index contributed by atoms with van der Waals surface area (Å²) in [5.74, 6) is -1.65. The molecule has 0 saturated heterocycles. The average molecular weight is 1320 g/mol. The maximum absolute atomic E-state index is 12.9. The van der Waals surface area contributed by atoms with Crippen molar-refractivity contribution >= 4 is 33.6 Å². The summed E-state index contributed by atoms with van der Waals surface area (Å²) in [4.78, 5) is 58.4. The summed E-state index contributed by atoms with van der Waals surface area (Å²) in [6.07, 6.45) is 76.5. The molecule has 0 rings (SSSR count). The van der Waals surface area contributed by atoms with E-state index in [-0.39, 0.29) is 19.3 Å². The molecule has 0 bridgehead atoms. The highest BCUT2D eigenvalue weighted by Crippen LogP contribution is 2.45. The third-order valence-electron chi connectivity index (χ3n) is 13.8. The van der Waals surface area contributed by atoms with Gasteiger partial charge in [0.2, 0.25) is 0 Å². The molecular formula is C73H122O16P2. The summed E-state index contributed by atoms with van der Waals surface area (Å²) in [5.41, 5.74) is 0. The highest BCUT2D eigenvalue weighted by molar-refractivity contribution is 7.47. The van der Waals surface area contributed by atoms with E-state index in [1.165, 1.54) is 51.4 Å². The molecule has 0 fully saturated rings. The van der Waals surface area contributed by atoms with Gasteiger partial charge in [-0.3, -0.25) is 32.5 Å². The molecule has 0 radical (unpaired) electrons. The van der Waals surface area contributed by atoms with E-state index in [1.54, 1.807) is 0 Å². The van der Waals surface area contributed by atoms with E-state index in [9.17, 15) is 43.5 Å². The van der Waals surface area contributed by atoms with Crippen LogP contribution in [0, 0.1) is 0 Å². The van der Waals surface area contributed by atoms with Gasteiger partial charge in [0, 0.05) is 19.3 Å². The fraction of sp³-hybridized carbons (Fsp3) is 0.658. The highest BCUT2D eigenvalue weighted by Gasteiger charge is 2.29. The first kappa shape index (κ1) is 86.7. The third kappa shape index (κ3) is 66.9. The first-order chi connectivity index (χ1) is 44.2. The van der Waals surface area contributed by atoms with Crippen LogP contribution >= 0.6 is 15.6 Å². The van der Waals surface area contributed by atoms with Gasteiger partial charge in [0.25, 0.3) is 0 Å². The lowest BCUT2D eigenvalue weighted by molar-refractivity contribution is -0.161. The van der Waals surface area contributed by atoms with E-state index in [4.69, 9.17) is 32.3 Å². The Labute approximate surface area is 550 Å². The second kappa shape index (κ2) is 65.7. The zero-order valence-corrected chi connectivity index (χ0v) is 58.0. The number of phosphoric ester groups is 2. The van der Waals surface area contributed by atoms with Gasteiger partial charge in [-0.05, 0) is 141 Å². The Bertz CT molecular complexity index is 2190. The summed E-state index contributed by atoms with van der Waals surface area (Å²) in [5, 5.41) is 20.5. The predicted octanol–water partition coefficient (Wildman–Crippen LogP) is 19.2. The Morgan fingerprint density at radius 3 is 0.978 bits per heavy atom. The van der Waals surface area contributed by atoms with Crippen LogP contribution in [0.1, 0.15) is 252 Å². The highest BCUT2D eigenvalue weighted by atomic mass is 31.2. The van der Waals surface area contributed by atoms with Crippen LogP contribution < -0.4 is 0 Å². The van der Waals surface area contributed by atoms with Crippen molar-refractivity contribution in [2.24, 2.45) is 0 Å². The molecule has 0 spiro atoms. The van der Waals surface area contributed by atoms with Gasteiger partial charge in [0.1, 0.15) is 25.4 Å². The van der Waals surface area contributed by atoms with Crippen molar-refractivity contribution in [1.82, 2.24) is 0 Å². The number of ether oxygens (including phenoxy) is 3. The minimum Gasteiger partial charge on any atom is -0.463 e. The van der Waals surface area contributed by atoms with Crippen molar-refractivity contribution in [3.05, 3.63) is 134 Å². The van der Waals surface area contributed by atoms with E-state index in [2.05, 4.69) is 154 Å². The fourth-order valence-corrected chi connectivity index (χ4v) is 10.1. The van der Waals surface area contributed by atoms with Gasteiger partial charge in [-0.1, -0.05) is 225 Å². The van der Waals surface area contributed by atoms with Gasteiger partial charge in [-0.25, -0.2) is 9.13 Å². The number of esters is 3. The van der Waals surface area contributed by atoms with Gasteiger partial charge in [-0.15, -0.1) is 0 Å². The molecule has 0 aromatic rings. The normalized spacial score (nSPS) is 15.0. The molecule has 0 aliphatic rings. The molecule has 5 atom stereocenters. The summed E-state index contributed by atoms with van der Waals surface area (Å²) in [7, 11) is -9.80. The maximum Gasteiger partial charge on any atom is 0.472 e. The van der Waals surface area contributed by atoms with Crippen molar-refractivity contribution in [2.75, 3.05) is 39.6 Å². The van der Waals surface area contributed by atoms with Crippen molar-refractivity contribution in [3.63, 3.8) is 0 Å². The Balaban J connectivity index is 4.71. The largest absolute Gasteiger partial charge is 0.472 e. The minimum absolute atomic E-state index is 0.0855. The molecule has 0 aromatic heterocycles. The molecule has 16 nitrogen and oxygen atoms in total. The van der Waals surface area contributed by atoms with Crippen LogP contribution in [0.2, 0.25) is 0 Å². The fourth-order valence-electron chi connectivity index (χ4n) is 8.55. The molecule has 91 heavy (non-hydrogen) atoms. The molecule has 0 amide bonds. The van der Waals surface area contributed by atoms with E-state index in [0.29, 0.717) is 19.3 Å². The standard InChI is InChI=1S/C73H122O16P2/c1-4-7-10-13-16-19-22-25-27-29-31-33-35-37-39-42-44-47-50-53-56-59-71(76)83-62-68(74)63-85-90(79,80)86-64-69(75)65-87-91(81,82)88-67-70(89-73(78)61-58-55-52-49-46-41-24-21-18-15-12-9-6-3)66-84-72(77)60-57-54-51-48-45-43-40-38-36-34-32-30-28-26-23-20-17-14-11-8-5-2/h7,10,16-17,19-21,24-28,31-34,37-40,44,47,68-70,74-75H,4-6,8-9,11-15,18,22-23,29-30,35-36,41-43,45-46,48-67H2,1-3H3,(H,79,80)(H,81,82)/b10-7-,19-16-,20-17-,24-21-,27-25-,28-26-,33-31-,34-32-,39-37-,40-38-,47-44-. The number of rotatable bonds is 64. The summed E-state index contributed by atoms with van der Waals surface area (Å²) in [6, 6.07) is 0. The van der Waals surface area contributed by atoms with Crippen molar-refractivity contribution in [3.8, 4) is 0 Å². The van der Waals surface area contributed by atoms with E-state index < -0.39 is 91.5 Å². The van der Waals surface area contributed by atoms with Gasteiger partial charge in [0.15, 0.2) is 6.10 Å². The number of aliphatic hydroxyl groups is 2. The molecule has 0 aliphatic carbocycles. The number of hydrogen-bond acceptors (Lipinski definition) is 14. The van der Waals surface area contributed by atoms with Crippen LogP contribution in [-0.2, 0) is 55.8 Å². The monoisotopic (exact) mass is 1320 g/mol. The molecule has 0 heterocycles. The first-order valence-electron chi connectivity index (χ1n) is 34.5. The Morgan fingerprint density at radius 2 is 0.582 bits per heavy atom. The molecule has 4 N–H and O–H groups in total. The molecule has 18 heteroatoms. The van der Waals surface area contributed by atoms with Gasteiger partial charge >= 0.3 is 33.6 Å². The predicted molar refractivity (Wildman–Crippen MR) is 371 cm³/mol. The molecule has 520 valence electrons. The van der Waals surface area contributed by atoms with Crippen molar-refractivity contribution in [1.29, 1.82) is 0 Å². The second-order valence-corrected chi connectivity index (χ2v) is 25.5. The summed E-state index contributed by atoms with van der Waals surface area (Å²) >= 11 is 0. The quantitative estimate of drug-likeness (QED) is 0.0146. The van der Waals surface area contributed by atoms with Crippen LogP contribution in [0.5, 0.6) is 0 Å². The Hall–Kier alpha value is -4.31. The number of carbonyl (C=O) groups excluding carboxylic acids is 3. The third-order valence-corrected chi connectivity index (χ3v) is 15.7. The smallest absolute Gasteiger partial charge is 0.463 e. The van der Waals surface area contributed by atoms with Gasteiger partial charge in [0.05, 0.1) is 26.4 Å². The maximum atomic E-state index is 12.9. The van der Waals surface area contributed by atoms with Gasteiger partial charge in [-0.2, -0.15) is 0 Å². The molecule has 0 saturated carbocycles. The lowest BCUT2D eigenvalue weighted by Crippen LogP contribution is -2.30. The van der Waals surface area contributed by atoms with Crippen molar-refractivity contribution in [2.45, 2.75) is 270 Å². The number of unbranched alkanes of at least 4 members (excludes halogenated alkanes) is 19. The second-order valence-electron chi connectivity index (χ2n) is 22.6. The minimum atomic E-state index is -4.94. The summed E-state index contributed by atoms with van der Waals surface area (Å²) in [6.45, 7) is 2.41. The van der Waals surface area contributed by atoms with Crippen LogP contribution in [0.25, 0.3) is 0 Å². The van der Waals surface area contributed by atoms with Crippen LogP contribution in [-0.4, -0.2) is 95.9 Å².